The van der Waals surface area contributed by atoms with Crippen molar-refractivity contribution in [2.75, 3.05) is 0 Å². The van der Waals surface area contributed by atoms with E-state index in [2.05, 4.69) is 21.2 Å². The van der Waals surface area contributed by atoms with Gasteiger partial charge in [0.2, 0.25) is 5.72 Å². The third-order valence-corrected chi connectivity index (χ3v) is 6.33. The predicted molar refractivity (Wildman–Crippen MR) is 109 cm³/mol. The first-order chi connectivity index (χ1) is 14.6. The number of carbonyl (C=O) groups is 2. The summed E-state index contributed by atoms with van der Waals surface area (Å²) in [5, 5.41) is 15.9. The molecule has 1 aliphatic rings. The Morgan fingerprint density at radius 2 is 1.87 bits per heavy atom. The lowest BCUT2D eigenvalue weighted by molar-refractivity contribution is -0.287. The molecular weight excluding hydrogens is 501 g/mol. The zero-order valence-electron chi connectivity index (χ0n) is 15.4. The van der Waals surface area contributed by atoms with E-state index in [4.69, 9.17) is 4.42 Å². The second-order valence-electron chi connectivity index (χ2n) is 6.87. The second kappa shape index (κ2) is 7.81. The molecule has 1 fully saturated rings. The normalized spacial score (nSPS) is 23.8. The summed E-state index contributed by atoms with van der Waals surface area (Å²) in [6.45, 7) is 0. The van der Waals surface area contributed by atoms with Crippen LogP contribution in [0.1, 0.15) is 21.5 Å². The van der Waals surface area contributed by atoms with Crippen molar-refractivity contribution in [3.63, 3.8) is 0 Å². The van der Waals surface area contributed by atoms with Crippen molar-refractivity contribution in [1.82, 2.24) is 10.6 Å². The molecule has 0 bridgehead atoms. The van der Waals surface area contributed by atoms with Crippen LogP contribution in [-0.4, -0.2) is 28.8 Å². The molecule has 1 saturated heterocycles. The molecular formula is C20H14BrF3N2O4S. The monoisotopic (exact) mass is 514 g/mol. The maximum absolute atomic E-state index is 13.9. The number of nitrogens with one attached hydrogen (secondary N) is 2. The minimum atomic E-state index is -5.32. The highest BCUT2D eigenvalue weighted by atomic mass is 79.9. The van der Waals surface area contributed by atoms with Gasteiger partial charge in [0.1, 0.15) is 23.5 Å². The Labute approximate surface area is 186 Å². The molecule has 3 unspecified atom stereocenters. The van der Waals surface area contributed by atoms with E-state index >= 15 is 0 Å². The predicted octanol–water partition coefficient (Wildman–Crippen LogP) is 4.87. The zero-order chi connectivity index (χ0) is 22.4. The number of benzene rings is 1. The molecule has 2 amide bonds. The average molecular weight is 515 g/mol. The molecule has 3 N–H and O–H groups in total. The van der Waals surface area contributed by atoms with Crippen molar-refractivity contribution in [3.05, 3.63) is 69.0 Å². The fraction of sp³-hybridized carbons (Fsp3) is 0.200. The lowest BCUT2D eigenvalue weighted by Gasteiger charge is -2.44. The Morgan fingerprint density at radius 3 is 2.48 bits per heavy atom. The number of Topliss-reactive ketones (excluding diaryl/α,β-unsaturated/α-hetero) is 1. The number of urea groups is 1. The number of amides is 2. The van der Waals surface area contributed by atoms with Gasteiger partial charge in [0.25, 0.3) is 0 Å². The third kappa shape index (κ3) is 3.88. The quantitative estimate of drug-likeness (QED) is 0.433. The van der Waals surface area contributed by atoms with E-state index in [1.54, 1.807) is 24.3 Å². The van der Waals surface area contributed by atoms with Crippen molar-refractivity contribution in [1.29, 1.82) is 0 Å². The van der Waals surface area contributed by atoms with Gasteiger partial charge in [0.15, 0.2) is 5.78 Å². The molecule has 11 heteroatoms. The van der Waals surface area contributed by atoms with Crippen LogP contribution < -0.4 is 10.6 Å². The van der Waals surface area contributed by atoms with Crippen LogP contribution in [0.5, 0.6) is 0 Å². The summed E-state index contributed by atoms with van der Waals surface area (Å²) in [6, 6.07) is 9.90. The number of halogens is 4. The number of rotatable bonds is 4. The molecule has 0 saturated carbocycles. The minimum absolute atomic E-state index is 0.00955. The highest BCUT2D eigenvalue weighted by Crippen LogP contribution is 2.45. The number of carbonyl (C=O) groups excluding carboxylic acids is 2. The van der Waals surface area contributed by atoms with Gasteiger partial charge in [-0.2, -0.15) is 13.2 Å². The Balaban J connectivity index is 1.79. The van der Waals surface area contributed by atoms with Crippen LogP contribution in [0.2, 0.25) is 0 Å². The van der Waals surface area contributed by atoms with E-state index < -0.39 is 35.7 Å². The molecule has 3 aromatic rings. The average Bonchev–Trinajstić information content (AvgIpc) is 3.39. The maximum atomic E-state index is 13.9. The van der Waals surface area contributed by atoms with Crippen molar-refractivity contribution in [3.8, 4) is 11.3 Å². The van der Waals surface area contributed by atoms with Crippen LogP contribution >= 0.6 is 27.3 Å². The number of thiophene rings is 1. The molecule has 1 aromatic carbocycles. The molecule has 4 rings (SSSR count). The molecule has 3 atom stereocenters. The molecule has 1 aliphatic heterocycles. The van der Waals surface area contributed by atoms with Gasteiger partial charge in [-0.3, -0.25) is 4.79 Å². The van der Waals surface area contributed by atoms with Crippen LogP contribution in [0, 0.1) is 5.92 Å². The number of aliphatic hydroxyl groups is 1. The standard InChI is InChI=1S/C20H14BrF3N2O4S/c21-11-5-3-10(4-6-11)12-7-8-13(30-12)16-15(17(27)14-2-1-9-31-14)19(29,20(22,23)24)26-18(28)25-16/h1-9,15-16,29H,(H2,25,26,28). The van der Waals surface area contributed by atoms with Crippen molar-refractivity contribution < 1.29 is 32.3 Å². The molecule has 2 aromatic heterocycles. The minimum Gasteiger partial charge on any atom is -0.459 e. The lowest BCUT2D eigenvalue weighted by Crippen LogP contribution is -2.72. The van der Waals surface area contributed by atoms with Crippen LogP contribution in [0.4, 0.5) is 18.0 Å². The highest BCUT2D eigenvalue weighted by Gasteiger charge is 2.67. The van der Waals surface area contributed by atoms with Crippen molar-refractivity contribution in [2.24, 2.45) is 5.92 Å². The topological polar surface area (TPSA) is 91.6 Å². The van der Waals surface area contributed by atoms with E-state index in [9.17, 15) is 27.9 Å². The van der Waals surface area contributed by atoms with Crippen LogP contribution in [0.15, 0.2) is 62.8 Å². The smallest absolute Gasteiger partial charge is 0.437 e. The van der Waals surface area contributed by atoms with Gasteiger partial charge >= 0.3 is 12.2 Å². The summed E-state index contributed by atoms with van der Waals surface area (Å²) in [4.78, 5) is 25.1. The van der Waals surface area contributed by atoms with Crippen LogP contribution in [0.3, 0.4) is 0 Å². The summed E-state index contributed by atoms with van der Waals surface area (Å²) < 4.78 is 48.2. The van der Waals surface area contributed by atoms with Gasteiger partial charge in [-0.05, 0) is 35.7 Å². The van der Waals surface area contributed by atoms with Gasteiger partial charge in [-0.1, -0.05) is 34.1 Å². The second-order valence-corrected chi connectivity index (χ2v) is 8.73. The fourth-order valence-electron chi connectivity index (χ4n) is 3.44. The SMILES string of the molecule is O=C1NC(c2ccc(-c3ccc(Br)cc3)o2)C(C(=O)c2cccs2)C(O)(C(F)(F)F)N1. The lowest BCUT2D eigenvalue weighted by atomic mass is 9.80. The van der Waals surface area contributed by atoms with Gasteiger partial charge < -0.3 is 20.2 Å². The molecule has 3 heterocycles. The van der Waals surface area contributed by atoms with E-state index in [0.29, 0.717) is 11.3 Å². The summed E-state index contributed by atoms with van der Waals surface area (Å²) in [6.07, 6.45) is -5.32. The van der Waals surface area contributed by atoms with E-state index in [1.807, 2.05) is 0 Å². The Bertz CT molecular complexity index is 1110. The number of furan rings is 1. The zero-order valence-corrected chi connectivity index (χ0v) is 17.8. The summed E-state index contributed by atoms with van der Waals surface area (Å²) in [5.41, 5.74) is -3.15. The van der Waals surface area contributed by atoms with Crippen LogP contribution in [0.25, 0.3) is 11.3 Å². The van der Waals surface area contributed by atoms with Crippen molar-refractivity contribution in [2.45, 2.75) is 17.9 Å². The molecule has 0 spiro atoms. The van der Waals surface area contributed by atoms with Gasteiger partial charge in [0, 0.05) is 10.0 Å². The molecule has 162 valence electrons. The highest BCUT2D eigenvalue weighted by molar-refractivity contribution is 9.10. The first-order valence-electron chi connectivity index (χ1n) is 8.91. The van der Waals surface area contributed by atoms with E-state index in [0.717, 1.165) is 15.8 Å². The Kier molecular flexibility index (Phi) is 5.44. The van der Waals surface area contributed by atoms with Gasteiger partial charge in [-0.15, -0.1) is 11.3 Å². The van der Waals surface area contributed by atoms with Crippen LogP contribution in [-0.2, 0) is 0 Å². The van der Waals surface area contributed by atoms with Gasteiger partial charge in [-0.25, -0.2) is 4.79 Å². The largest absolute Gasteiger partial charge is 0.459 e. The first kappa shape index (κ1) is 21.6. The molecule has 0 radical (unpaired) electrons. The van der Waals surface area contributed by atoms with E-state index in [1.165, 1.54) is 35.0 Å². The van der Waals surface area contributed by atoms with Gasteiger partial charge in [0.05, 0.1) is 4.88 Å². The number of alkyl halides is 3. The summed E-state index contributed by atoms with van der Waals surface area (Å²) in [7, 11) is 0. The fourth-order valence-corrected chi connectivity index (χ4v) is 4.41. The number of ketones is 1. The Hall–Kier alpha value is -2.63. The first-order valence-corrected chi connectivity index (χ1v) is 10.6. The van der Waals surface area contributed by atoms with Crippen molar-refractivity contribution >= 4 is 39.1 Å². The number of hydrogen-bond acceptors (Lipinski definition) is 5. The summed E-state index contributed by atoms with van der Waals surface area (Å²) in [5.74, 6) is -2.86. The molecule has 31 heavy (non-hydrogen) atoms. The maximum Gasteiger partial charge on any atom is 0.437 e. The molecule has 6 nitrogen and oxygen atoms in total. The van der Waals surface area contributed by atoms with E-state index in [-0.39, 0.29) is 10.6 Å². The third-order valence-electron chi connectivity index (χ3n) is 4.91. The Morgan fingerprint density at radius 1 is 1.16 bits per heavy atom. The summed E-state index contributed by atoms with van der Waals surface area (Å²) >= 11 is 4.24. The number of hydrogen-bond donors (Lipinski definition) is 3. The molecule has 0 aliphatic carbocycles.